The second-order valence-electron chi connectivity index (χ2n) is 16.8. The van der Waals surface area contributed by atoms with Crippen LogP contribution in [0, 0.1) is 17.5 Å². The Morgan fingerprint density at radius 2 is 1.54 bits per heavy atom. The van der Waals surface area contributed by atoms with Crippen LogP contribution in [-0.2, 0) is 45.7 Å². The molecule has 0 saturated heterocycles. The third-order valence-corrected chi connectivity index (χ3v) is 10.0. The minimum Gasteiger partial charge on any atom is -0.509 e. The Balaban J connectivity index is 0.00000497. The van der Waals surface area contributed by atoms with E-state index in [4.69, 9.17) is 14.8 Å². The summed E-state index contributed by atoms with van der Waals surface area (Å²) in [5, 5.41) is 7.48. The summed E-state index contributed by atoms with van der Waals surface area (Å²) in [6.07, 6.45) is 4.59. The molecule has 280 valence electrons. The molecule has 0 atom stereocenters. The number of rotatable bonds is 9. The minimum absolute atomic E-state index is 0. The van der Waals surface area contributed by atoms with E-state index in [0.29, 0.717) is 11.5 Å². The fourth-order valence-electron chi connectivity index (χ4n) is 7.38. The van der Waals surface area contributed by atoms with Crippen LogP contribution in [0.5, 0.6) is 11.5 Å². The van der Waals surface area contributed by atoms with Crippen LogP contribution in [-0.4, -0.2) is 19.3 Å². The summed E-state index contributed by atoms with van der Waals surface area (Å²) in [6, 6.07) is 37.6. The number of hydrogen-bond acceptors (Lipinski definition) is 3. The van der Waals surface area contributed by atoms with E-state index in [0.717, 1.165) is 58.4 Å². The number of fused-ring (bicyclic) bond motifs is 3. The van der Waals surface area contributed by atoms with Crippen molar-refractivity contribution in [2.24, 2.45) is 5.41 Å². The van der Waals surface area contributed by atoms with Gasteiger partial charge in [-0.05, 0) is 82.0 Å². The van der Waals surface area contributed by atoms with Crippen LogP contribution in [0.15, 0.2) is 91.1 Å². The fourth-order valence-corrected chi connectivity index (χ4v) is 7.38. The second kappa shape index (κ2) is 15.3. The Morgan fingerprint density at radius 1 is 0.778 bits per heavy atom. The molecule has 0 aliphatic carbocycles. The third-order valence-electron chi connectivity index (χ3n) is 10.0. The van der Waals surface area contributed by atoms with Gasteiger partial charge in [0.2, 0.25) is 0 Å². The molecule has 0 fully saturated rings. The molecular weight excluding hydrogens is 844 g/mol. The molecule has 0 spiro atoms. The number of pyridine rings is 1. The number of hydrogen-bond donors (Lipinski definition) is 0. The van der Waals surface area contributed by atoms with Crippen molar-refractivity contribution < 1.29 is 25.8 Å². The Morgan fingerprint density at radius 3 is 2.20 bits per heavy atom. The molecule has 5 nitrogen and oxygen atoms in total. The van der Waals surface area contributed by atoms with Gasteiger partial charge in [0.1, 0.15) is 5.82 Å². The van der Waals surface area contributed by atoms with Gasteiger partial charge in [-0.25, -0.2) is 4.98 Å². The first-order valence-corrected chi connectivity index (χ1v) is 19.1. The molecule has 0 aliphatic rings. The molecule has 0 saturated carbocycles. The predicted molar refractivity (Wildman–Crippen MR) is 220 cm³/mol. The Kier molecular flexibility index (Phi) is 11.1. The average molecular weight is 896 g/mol. The number of aryl methyl sites for hydroxylation is 1. The summed E-state index contributed by atoms with van der Waals surface area (Å²) < 4.78 is 11.0. The van der Waals surface area contributed by atoms with Gasteiger partial charge in [-0.2, -0.15) is 11.2 Å². The molecule has 0 aliphatic heterocycles. The van der Waals surface area contributed by atoms with Gasteiger partial charge < -0.3 is 9.30 Å². The largest absolute Gasteiger partial charge is 2.00 e. The number of benzene rings is 4. The summed E-state index contributed by atoms with van der Waals surface area (Å²) in [7, 11) is 0. The number of ether oxygens (including phenoxy) is 1. The van der Waals surface area contributed by atoms with E-state index < -0.39 is 0 Å². The van der Waals surface area contributed by atoms with Gasteiger partial charge in [-0.1, -0.05) is 117 Å². The molecule has 7 rings (SSSR count). The zero-order valence-corrected chi connectivity index (χ0v) is 35.6. The summed E-state index contributed by atoms with van der Waals surface area (Å²) in [5.74, 6) is 2.42. The Hall–Kier alpha value is -4.47. The first-order valence-electron chi connectivity index (χ1n) is 19.1. The van der Waals surface area contributed by atoms with Crippen molar-refractivity contribution in [3.8, 4) is 34.1 Å². The number of nitrogens with zero attached hydrogens (tertiary/aromatic N) is 4. The summed E-state index contributed by atoms with van der Waals surface area (Å²) in [4.78, 5) is 4.91. The average Bonchev–Trinajstić information content (AvgIpc) is 3.66. The third kappa shape index (κ3) is 7.84. The van der Waals surface area contributed by atoms with Gasteiger partial charge in [0.15, 0.2) is 0 Å². The van der Waals surface area contributed by atoms with Gasteiger partial charge in [-0.15, -0.1) is 41.3 Å². The molecular formula is C48H52N4OPt. The molecule has 3 heterocycles. The molecule has 3 aromatic heterocycles. The smallest absolute Gasteiger partial charge is 0.509 e. The van der Waals surface area contributed by atoms with Gasteiger partial charge in [0.25, 0.3) is 0 Å². The van der Waals surface area contributed by atoms with Crippen molar-refractivity contribution in [2.45, 2.75) is 99.8 Å². The standard InChI is InChI=1S/C48H52N4O.Pt/c1-11-41-46(33-16-14-13-15-17-33)42(12-2)52(50-41)36-25-34(31(3)4)26-38(28-36)53-37-19-20-39-40-24-32(30-47(5,6)7)18-21-43(40)51(44(39)29-37)45-27-35(22-23-49-45)48(8,9)10;/h13-27,31H,11-12,30H2,1-10H3;/q-2;+2. The SMILES string of the molecule is CCc1nn(-c2[c-]c(Oc3[c-]c4c(cc3)c3cc(CC(C)(C)C)ccc3n4-c3cc(C(C)(C)C)ccn3)cc(C(C)C)c2)c(CC)c1-c1ccccc1.[Pt+2]. The second-order valence-corrected chi connectivity index (χ2v) is 16.8. The first kappa shape index (κ1) is 39.2. The van der Waals surface area contributed by atoms with Crippen molar-refractivity contribution in [1.82, 2.24) is 19.3 Å². The molecule has 4 aromatic carbocycles. The van der Waals surface area contributed by atoms with Gasteiger partial charge in [0, 0.05) is 34.5 Å². The zero-order chi connectivity index (χ0) is 37.7. The topological polar surface area (TPSA) is 44.9 Å². The van der Waals surface area contributed by atoms with Crippen LogP contribution in [0.1, 0.15) is 103 Å². The maximum absolute atomic E-state index is 6.73. The van der Waals surface area contributed by atoms with Crippen molar-refractivity contribution >= 4 is 21.8 Å². The van der Waals surface area contributed by atoms with Crippen molar-refractivity contribution in [1.29, 1.82) is 0 Å². The van der Waals surface area contributed by atoms with Crippen LogP contribution in [0.2, 0.25) is 0 Å². The van der Waals surface area contributed by atoms with E-state index in [9.17, 15) is 0 Å². The molecule has 0 unspecified atom stereocenters. The molecule has 0 bridgehead atoms. The van der Waals surface area contributed by atoms with Crippen molar-refractivity contribution in [3.63, 3.8) is 0 Å². The maximum atomic E-state index is 6.73. The Labute approximate surface area is 336 Å². The van der Waals surface area contributed by atoms with E-state index in [1.165, 1.54) is 33.3 Å². The zero-order valence-electron chi connectivity index (χ0n) is 33.4. The van der Waals surface area contributed by atoms with E-state index in [-0.39, 0.29) is 37.8 Å². The molecule has 7 aromatic rings. The molecule has 0 amide bonds. The number of aromatic nitrogens is 4. The first-order chi connectivity index (χ1) is 25.2. The van der Waals surface area contributed by atoms with Gasteiger partial charge >= 0.3 is 21.1 Å². The molecule has 6 heteroatoms. The normalized spacial score (nSPS) is 12.1. The summed E-state index contributed by atoms with van der Waals surface area (Å²) in [5.41, 5.74) is 11.4. The van der Waals surface area contributed by atoms with Gasteiger partial charge in [0.05, 0.1) is 5.69 Å². The van der Waals surface area contributed by atoms with E-state index in [1.54, 1.807) is 0 Å². The van der Waals surface area contributed by atoms with Crippen LogP contribution in [0.25, 0.3) is 44.4 Å². The van der Waals surface area contributed by atoms with Gasteiger partial charge in [-0.3, -0.25) is 4.68 Å². The van der Waals surface area contributed by atoms with Crippen LogP contribution in [0.4, 0.5) is 0 Å². The maximum Gasteiger partial charge on any atom is 2.00 e. The summed E-state index contributed by atoms with van der Waals surface area (Å²) in [6.45, 7) is 22.4. The van der Waals surface area contributed by atoms with Crippen LogP contribution < -0.4 is 4.74 Å². The monoisotopic (exact) mass is 895 g/mol. The van der Waals surface area contributed by atoms with E-state index in [1.807, 2.05) is 12.3 Å². The Bertz CT molecular complexity index is 2420. The van der Waals surface area contributed by atoms with E-state index >= 15 is 0 Å². The van der Waals surface area contributed by atoms with E-state index in [2.05, 4.69) is 169 Å². The molecule has 54 heavy (non-hydrogen) atoms. The fraction of sp³-hybridized carbons (Fsp3) is 0.333. The molecule has 0 radical (unpaired) electrons. The van der Waals surface area contributed by atoms with Crippen LogP contribution >= 0.6 is 0 Å². The summed E-state index contributed by atoms with van der Waals surface area (Å²) >= 11 is 0. The quantitative estimate of drug-likeness (QED) is 0.136. The van der Waals surface area contributed by atoms with Crippen LogP contribution in [0.3, 0.4) is 0 Å². The van der Waals surface area contributed by atoms with Crippen molar-refractivity contribution in [3.05, 3.63) is 131 Å². The van der Waals surface area contributed by atoms with Crippen molar-refractivity contribution in [2.75, 3.05) is 0 Å². The molecule has 0 N–H and O–H groups in total. The minimum atomic E-state index is -0.0186. The predicted octanol–water partition coefficient (Wildman–Crippen LogP) is 12.6.